The molecule has 1 amide bonds. The maximum Gasteiger partial charge on any atom is 0.260 e. The predicted octanol–water partition coefficient (Wildman–Crippen LogP) is 3.41. The Morgan fingerprint density at radius 2 is 2.17 bits per heavy atom. The van der Waals surface area contributed by atoms with E-state index >= 15 is 0 Å². The van der Waals surface area contributed by atoms with Crippen molar-refractivity contribution in [2.24, 2.45) is 0 Å². The number of halogens is 1. The van der Waals surface area contributed by atoms with Crippen molar-refractivity contribution in [2.75, 3.05) is 5.32 Å². The first-order chi connectivity index (χ1) is 8.74. The molecule has 1 aromatic heterocycles. The van der Waals surface area contributed by atoms with Crippen molar-refractivity contribution in [1.29, 1.82) is 0 Å². The van der Waals surface area contributed by atoms with E-state index in [1.54, 1.807) is 12.1 Å². The molecule has 0 spiro atoms. The molecule has 0 bridgehead atoms. The number of carbonyl (C=O) groups is 1. The van der Waals surface area contributed by atoms with Crippen LogP contribution in [-0.2, 0) is 0 Å². The molecule has 1 N–H and O–H groups in total. The van der Waals surface area contributed by atoms with E-state index in [1.165, 1.54) is 36.3 Å². The molecule has 5 heteroatoms. The fourth-order valence-corrected chi connectivity index (χ4v) is 2.51. The summed E-state index contributed by atoms with van der Waals surface area (Å²) >= 11 is 1.38. The van der Waals surface area contributed by atoms with Crippen molar-refractivity contribution in [1.82, 2.24) is 4.98 Å². The molecule has 2 aromatic rings. The van der Waals surface area contributed by atoms with Crippen LogP contribution >= 0.6 is 11.3 Å². The van der Waals surface area contributed by atoms with E-state index in [-0.39, 0.29) is 5.56 Å². The normalized spacial score (nSPS) is 14.5. The second-order valence-corrected chi connectivity index (χ2v) is 5.14. The van der Waals surface area contributed by atoms with Gasteiger partial charge in [0.05, 0.1) is 11.3 Å². The van der Waals surface area contributed by atoms with Crippen LogP contribution in [0.4, 0.5) is 9.52 Å². The number of nitrogens with zero attached hydrogens (tertiary/aromatic N) is 1. The Hall–Kier alpha value is -1.75. The zero-order valence-corrected chi connectivity index (χ0v) is 10.3. The van der Waals surface area contributed by atoms with Crippen LogP contribution in [0, 0.1) is 5.82 Å². The number of nitrogens with one attached hydrogen (secondary N) is 1. The first-order valence-corrected chi connectivity index (χ1v) is 6.63. The van der Waals surface area contributed by atoms with Gasteiger partial charge in [-0.05, 0) is 25.0 Å². The van der Waals surface area contributed by atoms with E-state index in [0.29, 0.717) is 11.0 Å². The van der Waals surface area contributed by atoms with Crippen molar-refractivity contribution in [3.8, 4) is 0 Å². The third kappa shape index (κ3) is 2.26. The van der Waals surface area contributed by atoms with Crippen LogP contribution < -0.4 is 5.32 Å². The minimum Gasteiger partial charge on any atom is -0.298 e. The maximum atomic E-state index is 13.4. The van der Waals surface area contributed by atoms with Crippen molar-refractivity contribution in [3.63, 3.8) is 0 Å². The predicted molar refractivity (Wildman–Crippen MR) is 68.4 cm³/mol. The monoisotopic (exact) mass is 262 g/mol. The van der Waals surface area contributed by atoms with Crippen LogP contribution in [0.5, 0.6) is 0 Å². The molecule has 1 aliphatic carbocycles. The molecule has 0 atom stereocenters. The number of rotatable bonds is 3. The van der Waals surface area contributed by atoms with Gasteiger partial charge >= 0.3 is 0 Å². The summed E-state index contributed by atoms with van der Waals surface area (Å²) in [5.41, 5.74) is 1.07. The fraction of sp³-hybridized carbons (Fsp3) is 0.231. The first-order valence-electron chi connectivity index (χ1n) is 5.75. The number of carbonyl (C=O) groups excluding carboxylic acids is 1. The highest BCUT2D eigenvalue weighted by Gasteiger charge is 2.26. The lowest BCUT2D eigenvalue weighted by molar-refractivity contribution is 0.102. The average molecular weight is 262 g/mol. The maximum absolute atomic E-state index is 13.4. The summed E-state index contributed by atoms with van der Waals surface area (Å²) in [6.07, 6.45) is 2.34. The van der Waals surface area contributed by atoms with Crippen molar-refractivity contribution >= 4 is 22.4 Å². The van der Waals surface area contributed by atoms with E-state index in [2.05, 4.69) is 10.3 Å². The van der Waals surface area contributed by atoms with Crippen LogP contribution in [0.1, 0.15) is 34.8 Å². The molecule has 0 aliphatic heterocycles. The lowest BCUT2D eigenvalue weighted by Crippen LogP contribution is -2.13. The summed E-state index contributed by atoms with van der Waals surface area (Å²) < 4.78 is 13.4. The van der Waals surface area contributed by atoms with E-state index in [4.69, 9.17) is 0 Å². The van der Waals surface area contributed by atoms with Gasteiger partial charge in [-0.15, -0.1) is 11.3 Å². The van der Waals surface area contributed by atoms with Gasteiger partial charge in [-0.1, -0.05) is 12.1 Å². The Morgan fingerprint density at radius 3 is 2.89 bits per heavy atom. The van der Waals surface area contributed by atoms with Crippen LogP contribution in [0.2, 0.25) is 0 Å². The molecule has 1 aliphatic rings. The Balaban J connectivity index is 1.75. The quantitative estimate of drug-likeness (QED) is 0.921. The van der Waals surface area contributed by atoms with Crippen LogP contribution in [-0.4, -0.2) is 10.9 Å². The number of anilines is 1. The van der Waals surface area contributed by atoms with Crippen molar-refractivity contribution in [2.45, 2.75) is 18.8 Å². The number of hydrogen-bond donors (Lipinski definition) is 1. The van der Waals surface area contributed by atoms with E-state index in [0.717, 1.165) is 5.69 Å². The Bertz CT molecular complexity index is 592. The van der Waals surface area contributed by atoms with E-state index in [9.17, 15) is 9.18 Å². The fourth-order valence-electron chi connectivity index (χ4n) is 1.72. The van der Waals surface area contributed by atoms with Gasteiger partial charge in [-0.3, -0.25) is 10.1 Å². The van der Waals surface area contributed by atoms with Crippen LogP contribution in [0.25, 0.3) is 0 Å². The zero-order valence-electron chi connectivity index (χ0n) is 9.52. The lowest BCUT2D eigenvalue weighted by Gasteiger charge is -2.02. The van der Waals surface area contributed by atoms with E-state index in [1.807, 2.05) is 5.38 Å². The summed E-state index contributed by atoms with van der Waals surface area (Å²) in [6, 6.07) is 5.92. The summed E-state index contributed by atoms with van der Waals surface area (Å²) in [7, 11) is 0. The highest BCUT2D eigenvalue weighted by molar-refractivity contribution is 7.14. The second kappa shape index (κ2) is 4.49. The standard InChI is InChI=1S/C13H11FN2OS/c14-10-4-2-1-3-9(10)12(17)16-13-15-11(7-18-13)8-5-6-8/h1-4,7-8H,5-6H2,(H,15,16,17). The molecule has 1 fully saturated rings. The van der Waals surface area contributed by atoms with Gasteiger partial charge in [0.2, 0.25) is 0 Å². The Labute approximate surface area is 108 Å². The molecule has 18 heavy (non-hydrogen) atoms. The third-order valence-corrected chi connectivity index (χ3v) is 3.63. The lowest BCUT2D eigenvalue weighted by atomic mass is 10.2. The van der Waals surface area contributed by atoms with Crippen molar-refractivity contribution in [3.05, 3.63) is 46.7 Å². The molecule has 0 unspecified atom stereocenters. The molecule has 92 valence electrons. The van der Waals surface area contributed by atoms with Crippen molar-refractivity contribution < 1.29 is 9.18 Å². The van der Waals surface area contributed by atoms with Gasteiger partial charge < -0.3 is 0 Å². The molecule has 1 heterocycles. The SMILES string of the molecule is O=C(Nc1nc(C2CC2)cs1)c1ccccc1F. The highest BCUT2D eigenvalue weighted by Crippen LogP contribution is 2.40. The van der Waals surface area contributed by atoms with Crippen LogP contribution in [0.3, 0.4) is 0 Å². The smallest absolute Gasteiger partial charge is 0.260 e. The topological polar surface area (TPSA) is 42.0 Å². The summed E-state index contributed by atoms with van der Waals surface area (Å²) in [4.78, 5) is 16.2. The molecule has 1 aromatic carbocycles. The highest BCUT2D eigenvalue weighted by atomic mass is 32.1. The number of hydrogen-bond acceptors (Lipinski definition) is 3. The van der Waals surface area contributed by atoms with Gasteiger partial charge in [-0.25, -0.2) is 9.37 Å². The third-order valence-electron chi connectivity index (χ3n) is 2.86. The minimum atomic E-state index is -0.519. The molecule has 3 rings (SSSR count). The number of thiazole rings is 1. The Morgan fingerprint density at radius 1 is 1.39 bits per heavy atom. The molecular weight excluding hydrogens is 251 g/mol. The van der Waals surface area contributed by atoms with Gasteiger partial charge in [-0.2, -0.15) is 0 Å². The second-order valence-electron chi connectivity index (χ2n) is 4.29. The zero-order chi connectivity index (χ0) is 12.5. The van der Waals surface area contributed by atoms with Crippen LogP contribution in [0.15, 0.2) is 29.6 Å². The minimum absolute atomic E-state index is 0.0423. The number of amides is 1. The van der Waals surface area contributed by atoms with Gasteiger partial charge in [0, 0.05) is 11.3 Å². The molecule has 0 radical (unpaired) electrons. The largest absolute Gasteiger partial charge is 0.298 e. The number of benzene rings is 1. The van der Waals surface area contributed by atoms with Gasteiger partial charge in [0.25, 0.3) is 5.91 Å². The first kappa shape index (κ1) is 11.3. The molecular formula is C13H11FN2OS. The summed E-state index contributed by atoms with van der Waals surface area (Å²) in [5.74, 6) is -0.417. The average Bonchev–Trinajstić information content (AvgIpc) is 3.11. The molecule has 3 nitrogen and oxygen atoms in total. The summed E-state index contributed by atoms with van der Waals surface area (Å²) in [5, 5.41) is 5.12. The van der Waals surface area contributed by atoms with Gasteiger partial charge in [0.15, 0.2) is 5.13 Å². The molecule has 0 saturated heterocycles. The Kier molecular flexibility index (Phi) is 2.83. The molecule has 1 saturated carbocycles. The van der Waals surface area contributed by atoms with E-state index < -0.39 is 11.7 Å². The number of aromatic nitrogens is 1. The summed E-state index contributed by atoms with van der Waals surface area (Å²) in [6.45, 7) is 0. The van der Waals surface area contributed by atoms with Gasteiger partial charge in [0.1, 0.15) is 5.82 Å².